The molecule has 4 atom stereocenters. The number of carbonyl (C=O) groups excluding carboxylic acids is 3. The lowest BCUT2D eigenvalue weighted by molar-refractivity contribution is -0.274. The number of hydrogen-bond donors (Lipinski definition) is 2. The van der Waals surface area contributed by atoms with Gasteiger partial charge in [0.2, 0.25) is 5.91 Å². The van der Waals surface area contributed by atoms with Gasteiger partial charge in [-0.1, -0.05) is 11.6 Å². The highest BCUT2D eigenvalue weighted by atomic mass is 35.5. The van der Waals surface area contributed by atoms with E-state index in [0.29, 0.717) is 17.9 Å². The van der Waals surface area contributed by atoms with E-state index in [1.54, 1.807) is 25.7 Å². The third-order valence-electron chi connectivity index (χ3n) is 8.96. The lowest BCUT2D eigenvalue weighted by Crippen LogP contribution is -2.53. The van der Waals surface area contributed by atoms with Gasteiger partial charge in [0.05, 0.1) is 21.9 Å². The van der Waals surface area contributed by atoms with Gasteiger partial charge < -0.3 is 24.6 Å². The lowest BCUT2D eigenvalue weighted by Gasteiger charge is -2.44. The fourth-order valence-electron chi connectivity index (χ4n) is 6.46. The highest BCUT2D eigenvalue weighted by Gasteiger charge is 2.44. The molecule has 2 aliphatic rings. The molecule has 16 heteroatoms. The molecule has 0 spiro atoms. The molecular weight excluding hydrogens is 701 g/mol. The molecule has 4 rings (SSSR count). The molecule has 1 aliphatic heterocycles. The van der Waals surface area contributed by atoms with E-state index in [9.17, 15) is 36.0 Å². The number of likely N-dealkylation sites (tertiary alicyclic amines) is 1. The molecule has 1 heterocycles. The van der Waals surface area contributed by atoms with Crippen LogP contribution in [0.15, 0.2) is 47.4 Å². The topological polar surface area (TPSA) is 134 Å². The number of sulfone groups is 1. The van der Waals surface area contributed by atoms with Crippen LogP contribution in [-0.4, -0.2) is 91.6 Å². The Labute approximate surface area is 295 Å². The van der Waals surface area contributed by atoms with Crippen molar-refractivity contribution >= 4 is 45.0 Å². The van der Waals surface area contributed by atoms with Crippen LogP contribution in [-0.2, 0) is 19.4 Å². The molecule has 3 amide bonds. The largest absolute Gasteiger partial charge is 0.573 e. The molecule has 276 valence electrons. The first-order chi connectivity index (χ1) is 23.1. The minimum atomic E-state index is -5.05. The summed E-state index contributed by atoms with van der Waals surface area (Å²) in [5.41, 5.74) is -1.44. The van der Waals surface area contributed by atoms with Crippen LogP contribution in [0.1, 0.15) is 70.7 Å². The molecule has 0 unspecified atom stereocenters. The maximum atomic E-state index is 13.9. The quantitative estimate of drug-likeness (QED) is 0.291. The Balaban J connectivity index is 1.56. The van der Waals surface area contributed by atoms with Gasteiger partial charge in [-0.25, -0.2) is 13.2 Å². The highest BCUT2D eigenvalue weighted by molar-refractivity contribution is 7.91. The van der Waals surface area contributed by atoms with Crippen LogP contribution in [0.5, 0.6) is 5.75 Å². The second kappa shape index (κ2) is 15.4. The molecule has 0 aromatic heterocycles. The average molecular weight is 745 g/mol. The molecule has 2 N–H and O–H groups in total. The van der Waals surface area contributed by atoms with E-state index in [1.807, 2.05) is 7.05 Å². The summed E-state index contributed by atoms with van der Waals surface area (Å²) in [6.45, 7) is 9.20. The number of nitrogens with one attached hydrogen (secondary N) is 2. The van der Waals surface area contributed by atoms with Gasteiger partial charge in [-0.05, 0) is 116 Å². The van der Waals surface area contributed by atoms with E-state index in [1.165, 1.54) is 24.3 Å². The molecule has 2 fully saturated rings. The molecule has 50 heavy (non-hydrogen) atoms. The van der Waals surface area contributed by atoms with Gasteiger partial charge in [-0.2, -0.15) is 0 Å². The third kappa shape index (κ3) is 10.3. The summed E-state index contributed by atoms with van der Waals surface area (Å²) in [5.74, 6) is -2.68. The molecule has 11 nitrogen and oxygen atoms in total. The van der Waals surface area contributed by atoms with Crippen molar-refractivity contribution in [3.05, 3.63) is 53.1 Å². The predicted molar refractivity (Wildman–Crippen MR) is 182 cm³/mol. The number of ether oxygens (including phenoxy) is 2. The van der Waals surface area contributed by atoms with E-state index in [0.717, 1.165) is 24.6 Å². The lowest BCUT2D eigenvalue weighted by atomic mass is 9.81. The number of hydrogen-bond acceptors (Lipinski definition) is 8. The van der Waals surface area contributed by atoms with Gasteiger partial charge in [0, 0.05) is 29.7 Å². The summed E-state index contributed by atoms with van der Waals surface area (Å²) < 4.78 is 75.5. The molecule has 1 saturated heterocycles. The number of halogens is 4. The molecule has 1 saturated carbocycles. The van der Waals surface area contributed by atoms with Gasteiger partial charge in [0.1, 0.15) is 17.4 Å². The van der Waals surface area contributed by atoms with E-state index >= 15 is 0 Å². The molecule has 2 aromatic rings. The standard InChI is InChI=1S/C34H44ClF3N4O7S/c1-20(2)41(6)23-9-14-29(21(17-23)19-50(46,47)25-11-7-22(35)8-12-25)42-16-15-28(31(42)44)39-30(43)26-18-24(48-34(36,37)38)10-13-27(26)40-32(45)49-33(3,4)5/h7-8,10-13,18,20-21,23,28-29H,9,14-17,19H2,1-6H3,(H,39,43)(H,40,45)/t21-,23+,28-,29-/m0/s1. The van der Waals surface area contributed by atoms with Crippen molar-refractivity contribution in [2.24, 2.45) is 5.92 Å². The van der Waals surface area contributed by atoms with E-state index in [-0.39, 0.29) is 46.9 Å². The number of benzene rings is 2. The Morgan fingerprint density at radius 3 is 2.32 bits per heavy atom. The van der Waals surface area contributed by atoms with Crippen LogP contribution in [0.2, 0.25) is 5.02 Å². The van der Waals surface area contributed by atoms with Crippen LogP contribution in [0.4, 0.5) is 23.7 Å². The van der Waals surface area contributed by atoms with Crippen LogP contribution in [0.3, 0.4) is 0 Å². The maximum absolute atomic E-state index is 13.9. The Hall–Kier alpha value is -3.56. The van der Waals surface area contributed by atoms with Gasteiger partial charge in [0.25, 0.3) is 5.91 Å². The van der Waals surface area contributed by atoms with Gasteiger partial charge >= 0.3 is 12.5 Å². The van der Waals surface area contributed by atoms with Crippen molar-refractivity contribution in [2.75, 3.05) is 24.7 Å². The summed E-state index contributed by atoms with van der Waals surface area (Å²) in [5, 5.41) is 5.39. The van der Waals surface area contributed by atoms with E-state index in [4.69, 9.17) is 16.3 Å². The minimum Gasteiger partial charge on any atom is -0.444 e. The van der Waals surface area contributed by atoms with E-state index in [2.05, 4.69) is 34.1 Å². The van der Waals surface area contributed by atoms with Crippen molar-refractivity contribution < 1.29 is 45.4 Å². The summed E-state index contributed by atoms with van der Waals surface area (Å²) in [6, 6.07) is 7.59. The van der Waals surface area contributed by atoms with Gasteiger partial charge in [-0.3, -0.25) is 14.9 Å². The molecule has 2 aromatic carbocycles. The normalized spacial score (nSPS) is 21.8. The fourth-order valence-corrected chi connectivity index (χ4v) is 8.25. The first-order valence-electron chi connectivity index (χ1n) is 16.3. The fraction of sp³-hybridized carbons (Fsp3) is 0.559. The zero-order valence-electron chi connectivity index (χ0n) is 28.8. The second-order valence-electron chi connectivity index (χ2n) is 14.0. The van der Waals surface area contributed by atoms with Crippen molar-refractivity contribution in [2.45, 2.75) is 101 Å². The zero-order chi connectivity index (χ0) is 37.2. The summed E-state index contributed by atoms with van der Waals surface area (Å²) in [4.78, 5) is 43.8. The van der Waals surface area contributed by atoms with Gasteiger partial charge in [0.15, 0.2) is 9.84 Å². The number of nitrogens with zero attached hydrogens (tertiary/aromatic N) is 2. The van der Waals surface area contributed by atoms with E-state index < -0.39 is 63.5 Å². The number of amides is 3. The van der Waals surface area contributed by atoms with Crippen LogP contribution < -0.4 is 15.4 Å². The number of carbonyl (C=O) groups is 3. The highest BCUT2D eigenvalue weighted by Crippen LogP contribution is 2.36. The monoisotopic (exact) mass is 744 g/mol. The van der Waals surface area contributed by atoms with Crippen LogP contribution in [0, 0.1) is 5.92 Å². The minimum absolute atomic E-state index is 0.0898. The molecule has 0 radical (unpaired) electrons. The Kier molecular flexibility index (Phi) is 12.0. The van der Waals surface area contributed by atoms with Crippen molar-refractivity contribution in [1.82, 2.24) is 15.1 Å². The molecular formula is C34H44ClF3N4O7S. The predicted octanol–water partition coefficient (Wildman–Crippen LogP) is 6.27. The Bertz CT molecular complexity index is 1670. The summed E-state index contributed by atoms with van der Waals surface area (Å²) >= 11 is 5.99. The number of rotatable bonds is 10. The molecule has 0 bridgehead atoms. The number of alkyl halides is 3. The Morgan fingerprint density at radius 2 is 1.72 bits per heavy atom. The van der Waals surface area contributed by atoms with Crippen LogP contribution >= 0.6 is 11.6 Å². The zero-order valence-corrected chi connectivity index (χ0v) is 30.4. The SMILES string of the molecule is CC(C)N(C)[C@@H]1CC[C@H](N2CC[C@H](NC(=O)c3cc(OC(F)(F)F)ccc3NC(=O)OC(C)(C)C)C2=O)[C@H](CS(=O)(=O)c2ccc(Cl)cc2)C1. The molecule has 1 aliphatic carbocycles. The average Bonchev–Trinajstić information content (AvgIpc) is 3.34. The smallest absolute Gasteiger partial charge is 0.444 e. The summed E-state index contributed by atoms with van der Waals surface area (Å²) in [7, 11) is -1.77. The van der Waals surface area contributed by atoms with Crippen molar-refractivity contribution in [1.29, 1.82) is 0 Å². The van der Waals surface area contributed by atoms with Crippen molar-refractivity contribution in [3.63, 3.8) is 0 Å². The second-order valence-corrected chi connectivity index (χ2v) is 16.5. The Morgan fingerprint density at radius 1 is 1.06 bits per heavy atom. The van der Waals surface area contributed by atoms with Gasteiger partial charge in [-0.15, -0.1) is 13.2 Å². The first kappa shape index (κ1) is 39.2. The van der Waals surface area contributed by atoms with Crippen LogP contribution in [0.25, 0.3) is 0 Å². The number of anilines is 1. The maximum Gasteiger partial charge on any atom is 0.573 e. The van der Waals surface area contributed by atoms with Crippen molar-refractivity contribution in [3.8, 4) is 5.75 Å². The third-order valence-corrected chi connectivity index (χ3v) is 11.1. The summed E-state index contributed by atoms with van der Waals surface area (Å²) in [6.07, 6.45) is -4.02. The first-order valence-corrected chi connectivity index (χ1v) is 18.4.